The molecule has 3 unspecified atom stereocenters. The molecule has 2 nitrogen and oxygen atoms in total. The van der Waals surface area contributed by atoms with E-state index in [4.69, 9.17) is 0 Å². The van der Waals surface area contributed by atoms with Crippen molar-refractivity contribution in [2.75, 3.05) is 0 Å². The summed E-state index contributed by atoms with van der Waals surface area (Å²) in [7, 11) is 0. The maximum Gasteiger partial charge on any atom is 0.0756 e. The van der Waals surface area contributed by atoms with Crippen LogP contribution in [0.3, 0.4) is 0 Å². The Balaban J connectivity index is 1.63. The second-order valence-corrected chi connectivity index (χ2v) is 11.7. The first-order valence-corrected chi connectivity index (χ1v) is 12.5. The zero-order chi connectivity index (χ0) is 22.1. The minimum atomic E-state index is -0.536. The van der Waals surface area contributed by atoms with Crippen LogP contribution in [-0.4, -0.2) is 21.9 Å². The summed E-state index contributed by atoms with van der Waals surface area (Å²) in [5.41, 5.74) is 3.79. The molecule has 0 aliphatic heterocycles. The molecule has 3 fully saturated rings. The van der Waals surface area contributed by atoms with Gasteiger partial charge in [-0.15, -0.1) is 0 Å². The van der Waals surface area contributed by atoms with Crippen LogP contribution in [0.25, 0.3) is 0 Å². The highest BCUT2D eigenvalue weighted by Gasteiger charge is 2.50. The van der Waals surface area contributed by atoms with Crippen molar-refractivity contribution in [1.82, 2.24) is 0 Å². The summed E-state index contributed by atoms with van der Waals surface area (Å²) in [5, 5.41) is 20.3. The summed E-state index contributed by atoms with van der Waals surface area (Å²) < 4.78 is 0. The molecular formula is C28H46O2. The molecule has 0 spiro atoms. The summed E-state index contributed by atoms with van der Waals surface area (Å²) >= 11 is 0. The van der Waals surface area contributed by atoms with E-state index in [0.717, 1.165) is 55.4 Å². The van der Waals surface area contributed by atoms with Gasteiger partial charge in [0.1, 0.15) is 0 Å². The standard InChI is InChI=1S/C28H46O2/c1-19(9-7-15-27(4,5)30)24-13-14-25-22(10-8-16-28(24,25)6)11-12-23-18-26(29)21(3)17-20(23)2/h11,19,23-26,29-30H,2-3,7-10,12-18H2,1,4-6H3/b22-11+/t19-,23?,24?,25?,26+,28+/m0/s1. The molecule has 0 bridgehead atoms. The molecule has 0 heterocycles. The molecule has 3 aliphatic rings. The molecule has 2 N–H and O–H groups in total. The fourth-order valence-corrected chi connectivity index (χ4v) is 7.03. The second-order valence-electron chi connectivity index (χ2n) is 11.7. The average Bonchev–Trinajstić information content (AvgIpc) is 3.00. The monoisotopic (exact) mass is 414 g/mol. The number of aliphatic hydroxyl groups excluding tert-OH is 1. The Morgan fingerprint density at radius 1 is 1.23 bits per heavy atom. The van der Waals surface area contributed by atoms with Crippen LogP contribution in [0, 0.1) is 29.1 Å². The number of fused-ring (bicyclic) bond motifs is 1. The van der Waals surface area contributed by atoms with Gasteiger partial charge in [-0.1, -0.05) is 57.1 Å². The normalized spacial score (nSPS) is 37.5. The van der Waals surface area contributed by atoms with Gasteiger partial charge in [-0.25, -0.2) is 0 Å². The Morgan fingerprint density at radius 2 is 1.97 bits per heavy atom. The minimum Gasteiger partial charge on any atom is -0.390 e. The van der Waals surface area contributed by atoms with E-state index in [9.17, 15) is 10.2 Å². The quantitative estimate of drug-likeness (QED) is 0.441. The predicted octanol–water partition coefficient (Wildman–Crippen LogP) is 6.98. The molecule has 3 aliphatic carbocycles. The Labute approximate surface area is 185 Å². The van der Waals surface area contributed by atoms with Crippen molar-refractivity contribution in [2.45, 2.75) is 110 Å². The number of allylic oxidation sites excluding steroid dienone is 3. The van der Waals surface area contributed by atoms with Crippen LogP contribution in [0.1, 0.15) is 98.3 Å². The van der Waals surface area contributed by atoms with E-state index >= 15 is 0 Å². The van der Waals surface area contributed by atoms with Crippen molar-refractivity contribution in [3.05, 3.63) is 36.0 Å². The molecule has 6 atom stereocenters. The number of hydrogen-bond acceptors (Lipinski definition) is 2. The average molecular weight is 415 g/mol. The van der Waals surface area contributed by atoms with E-state index in [1.807, 2.05) is 13.8 Å². The van der Waals surface area contributed by atoms with E-state index in [0.29, 0.717) is 11.3 Å². The summed E-state index contributed by atoms with van der Waals surface area (Å²) in [5.74, 6) is 2.69. The van der Waals surface area contributed by atoms with Crippen LogP contribution in [0.4, 0.5) is 0 Å². The van der Waals surface area contributed by atoms with Gasteiger partial charge in [-0.05, 0) is 106 Å². The molecule has 0 saturated heterocycles. The topological polar surface area (TPSA) is 40.5 Å². The summed E-state index contributed by atoms with van der Waals surface area (Å²) in [6, 6.07) is 0. The first-order valence-electron chi connectivity index (χ1n) is 12.5. The van der Waals surface area contributed by atoms with Crippen LogP contribution >= 0.6 is 0 Å². The van der Waals surface area contributed by atoms with Crippen LogP contribution in [-0.2, 0) is 0 Å². The SMILES string of the molecule is C=C1CC(=C)[C@H](O)CC1C/C=C1\CCC[C@@]2(C)C1CCC2[C@@H](C)CCCC(C)(C)O. The van der Waals surface area contributed by atoms with Crippen LogP contribution in [0.5, 0.6) is 0 Å². The zero-order valence-electron chi connectivity index (χ0n) is 20.1. The Hall–Kier alpha value is -0.860. The Bertz CT molecular complexity index is 667. The van der Waals surface area contributed by atoms with Gasteiger partial charge in [0.2, 0.25) is 0 Å². The lowest BCUT2D eigenvalue weighted by molar-refractivity contribution is 0.0596. The summed E-state index contributed by atoms with van der Waals surface area (Å²) in [6.07, 6.45) is 14.7. The molecule has 2 heteroatoms. The van der Waals surface area contributed by atoms with Gasteiger partial charge in [-0.3, -0.25) is 0 Å². The molecule has 3 saturated carbocycles. The van der Waals surface area contributed by atoms with Crippen molar-refractivity contribution in [1.29, 1.82) is 0 Å². The van der Waals surface area contributed by atoms with Crippen molar-refractivity contribution in [2.24, 2.45) is 29.1 Å². The van der Waals surface area contributed by atoms with Gasteiger partial charge in [0.15, 0.2) is 0 Å². The van der Waals surface area contributed by atoms with Gasteiger partial charge in [-0.2, -0.15) is 0 Å². The number of rotatable bonds is 7. The minimum absolute atomic E-state index is 0.351. The molecule has 0 aromatic heterocycles. The maximum absolute atomic E-state index is 10.2. The van der Waals surface area contributed by atoms with Crippen molar-refractivity contribution < 1.29 is 10.2 Å². The summed E-state index contributed by atoms with van der Waals surface area (Å²) in [4.78, 5) is 0. The third-order valence-corrected chi connectivity index (χ3v) is 8.85. The third kappa shape index (κ3) is 5.30. The smallest absolute Gasteiger partial charge is 0.0756 e. The molecule has 0 aromatic carbocycles. The summed E-state index contributed by atoms with van der Waals surface area (Å²) in [6.45, 7) is 17.2. The fourth-order valence-electron chi connectivity index (χ4n) is 7.03. The third-order valence-electron chi connectivity index (χ3n) is 8.85. The van der Waals surface area contributed by atoms with Crippen LogP contribution < -0.4 is 0 Å². The Kier molecular flexibility index (Phi) is 7.40. The highest BCUT2D eigenvalue weighted by atomic mass is 16.3. The molecule has 30 heavy (non-hydrogen) atoms. The number of aliphatic hydroxyl groups is 2. The maximum atomic E-state index is 10.2. The van der Waals surface area contributed by atoms with Crippen molar-refractivity contribution in [3.63, 3.8) is 0 Å². The molecule has 0 amide bonds. The molecule has 170 valence electrons. The Morgan fingerprint density at radius 3 is 2.67 bits per heavy atom. The lowest BCUT2D eigenvalue weighted by Gasteiger charge is -2.44. The van der Waals surface area contributed by atoms with Crippen molar-refractivity contribution >= 4 is 0 Å². The molecular weight excluding hydrogens is 368 g/mol. The van der Waals surface area contributed by atoms with Gasteiger partial charge in [0, 0.05) is 0 Å². The highest BCUT2D eigenvalue weighted by Crippen LogP contribution is 2.60. The van der Waals surface area contributed by atoms with E-state index in [2.05, 4.69) is 33.1 Å². The second kappa shape index (κ2) is 9.33. The van der Waals surface area contributed by atoms with Gasteiger partial charge in [0.25, 0.3) is 0 Å². The lowest BCUT2D eigenvalue weighted by atomic mass is 9.60. The van der Waals surface area contributed by atoms with Crippen molar-refractivity contribution in [3.8, 4) is 0 Å². The fraction of sp³-hybridized carbons (Fsp3) is 0.786. The van der Waals surface area contributed by atoms with E-state index < -0.39 is 5.60 Å². The van der Waals surface area contributed by atoms with Gasteiger partial charge < -0.3 is 10.2 Å². The van der Waals surface area contributed by atoms with E-state index in [1.54, 1.807) is 5.57 Å². The zero-order valence-corrected chi connectivity index (χ0v) is 20.1. The lowest BCUT2D eigenvalue weighted by Crippen LogP contribution is -2.36. The van der Waals surface area contributed by atoms with Gasteiger partial charge in [0.05, 0.1) is 11.7 Å². The molecule has 0 aromatic rings. The highest BCUT2D eigenvalue weighted by molar-refractivity contribution is 5.24. The van der Waals surface area contributed by atoms with E-state index in [1.165, 1.54) is 44.1 Å². The largest absolute Gasteiger partial charge is 0.390 e. The van der Waals surface area contributed by atoms with Crippen LogP contribution in [0.15, 0.2) is 36.0 Å². The van der Waals surface area contributed by atoms with E-state index in [-0.39, 0.29) is 6.10 Å². The molecule has 0 radical (unpaired) electrons. The first kappa shape index (κ1) is 23.8. The molecule has 3 rings (SSSR count). The van der Waals surface area contributed by atoms with Gasteiger partial charge >= 0.3 is 0 Å². The number of hydrogen-bond donors (Lipinski definition) is 2. The predicted molar refractivity (Wildman–Crippen MR) is 127 cm³/mol. The first-order chi connectivity index (χ1) is 14.0. The van der Waals surface area contributed by atoms with Crippen LogP contribution in [0.2, 0.25) is 0 Å².